The summed E-state index contributed by atoms with van der Waals surface area (Å²) in [5.74, 6) is -0.351. The molecule has 0 unspecified atom stereocenters. The number of H-pyrrole nitrogens is 1. The Bertz CT molecular complexity index is 2210. The average Bonchev–Trinajstić information content (AvgIpc) is 3.95. The van der Waals surface area contributed by atoms with E-state index in [1.165, 1.54) is 18.7 Å². The Hall–Kier alpha value is -5.85. The van der Waals surface area contributed by atoms with Gasteiger partial charge in [-0.15, -0.1) is 5.10 Å². The van der Waals surface area contributed by atoms with Crippen molar-refractivity contribution in [1.29, 1.82) is 0 Å². The van der Waals surface area contributed by atoms with Crippen LogP contribution < -0.4 is 9.64 Å². The van der Waals surface area contributed by atoms with Crippen LogP contribution >= 0.6 is 0 Å². The average molecular weight is 693 g/mol. The van der Waals surface area contributed by atoms with Crippen molar-refractivity contribution in [3.63, 3.8) is 0 Å². The fourth-order valence-electron chi connectivity index (χ4n) is 7.29. The van der Waals surface area contributed by atoms with Gasteiger partial charge in [-0.1, -0.05) is 41.6 Å². The Balaban J connectivity index is 0.00000420. The minimum atomic E-state index is -0.486. The molecule has 11 nitrogen and oxygen atoms in total. The lowest BCUT2D eigenvalue weighted by molar-refractivity contribution is -0.131. The lowest BCUT2D eigenvalue weighted by atomic mass is 9.92. The molecular formula is C38H38F2N8O3. The molecule has 3 aliphatic rings. The molecule has 2 amide bonds. The van der Waals surface area contributed by atoms with Crippen molar-refractivity contribution >= 4 is 45.8 Å². The monoisotopic (exact) mass is 692 g/mol. The van der Waals surface area contributed by atoms with Crippen molar-refractivity contribution in [3.05, 3.63) is 107 Å². The highest BCUT2D eigenvalue weighted by Gasteiger charge is 2.29. The lowest BCUT2D eigenvalue weighted by Crippen LogP contribution is -2.49. The van der Waals surface area contributed by atoms with Gasteiger partial charge in [0, 0.05) is 70.3 Å². The molecule has 2 aromatic carbocycles. The number of methoxy groups -OCH3 is 1. The Morgan fingerprint density at radius 1 is 1.00 bits per heavy atom. The van der Waals surface area contributed by atoms with Gasteiger partial charge in [0.05, 0.1) is 31.6 Å². The topological polar surface area (TPSA) is 112 Å². The summed E-state index contributed by atoms with van der Waals surface area (Å²) in [5, 5.41) is 8.38. The molecule has 1 fully saturated rings. The van der Waals surface area contributed by atoms with Gasteiger partial charge in [0.1, 0.15) is 11.5 Å². The third-order valence-corrected chi connectivity index (χ3v) is 9.96. The smallest absolute Gasteiger partial charge is 0.270 e. The molecule has 1 saturated heterocycles. The number of rotatable bonds is 8. The summed E-state index contributed by atoms with van der Waals surface area (Å²) in [7, 11) is 1.47. The fraction of sp³-hybridized carbons (Fsp3) is 0.289. The van der Waals surface area contributed by atoms with E-state index in [1.807, 2.05) is 29.2 Å². The lowest BCUT2D eigenvalue weighted by Gasteiger charge is -2.35. The van der Waals surface area contributed by atoms with E-state index in [2.05, 4.69) is 38.5 Å². The van der Waals surface area contributed by atoms with Gasteiger partial charge >= 0.3 is 0 Å². The maximum atomic E-state index is 16.7. The maximum absolute atomic E-state index is 16.7. The van der Waals surface area contributed by atoms with Gasteiger partial charge in [-0.25, -0.2) is 13.8 Å². The molecule has 1 N–H and O–H groups in total. The molecule has 51 heavy (non-hydrogen) atoms. The highest BCUT2D eigenvalue weighted by atomic mass is 19.1. The maximum Gasteiger partial charge on any atom is 0.270 e. The standard InChI is InChI=1S/C38H36F2N8O3.H2/c1-51-33-19-28(39)22-41-37(33)45-13-15-46(16-14-45)38(50)32-21-31-29(27-17-24-5-2-3-6-25(24)18-27)20-30(35(40)36(31)43-32)26-7-4-10-47(23-26)34(49)8-11-48-12-9-42-44-48;/h2-3,5-7,9,12,17,19-22,43H,4,8,10-11,13-16,18,23H2,1H3;1H. The number of fused-ring (bicyclic) bond motifs is 2. The number of amides is 2. The molecule has 2 aliphatic heterocycles. The SMILES string of the molecule is COc1cc(F)cnc1N1CCN(C(=O)c2cc3c(C4=Cc5ccccc5C4)cc(C4=CCCN(C(=O)CCn5ccnn5)C4)c(F)c3[nH]2)CC1.[HH]. The first-order chi connectivity index (χ1) is 24.9. The zero-order chi connectivity index (χ0) is 35.1. The largest absolute Gasteiger partial charge is 0.493 e. The normalized spacial score (nSPS) is 15.9. The molecule has 1 aliphatic carbocycles. The number of hydrogen-bond acceptors (Lipinski definition) is 7. The number of ether oxygens (including phenoxy) is 1. The number of pyridine rings is 1. The van der Waals surface area contributed by atoms with Crippen LogP contribution in [0.25, 0.3) is 28.1 Å². The summed E-state index contributed by atoms with van der Waals surface area (Å²) in [6, 6.07) is 13.1. The first-order valence-corrected chi connectivity index (χ1v) is 17.1. The van der Waals surface area contributed by atoms with Gasteiger partial charge in [-0.05, 0) is 52.8 Å². The van der Waals surface area contributed by atoms with Crippen molar-refractivity contribution in [2.24, 2.45) is 0 Å². The quantitative estimate of drug-likeness (QED) is 0.230. The fourth-order valence-corrected chi connectivity index (χ4v) is 7.29. The Labute approximate surface area is 294 Å². The van der Waals surface area contributed by atoms with Gasteiger partial charge in [0.15, 0.2) is 17.4 Å². The number of aromatic nitrogens is 5. The number of carbonyl (C=O) groups is 2. The Kier molecular flexibility index (Phi) is 8.54. The molecule has 13 heteroatoms. The van der Waals surface area contributed by atoms with Crippen LogP contribution in [0.15, 0.2) is 67.1 Å². The zero-order valence-corrected chi connectivity index (χ0v) is 28.1. The van der Waals surface area contributed by atoms with Crippen LogP contribution in [0.3, 0.4) is 0 Å². The molecule has 0 atom stereocenters. The summed E-state index contributed by atoms with van der Waals surface area (Å²) in [5.41, 5.74) is 5.89. The summed E-state index contributed by atoms with van der Waals surface area (Å²) < 4.78 is 37.4. The van der Waals surface area contributed by atoms with E-state index in [0.29, 0.717) is 80.3 Å². The number of anilines is 1. The molecular weight excluding hydrogens is 654 g/mol. The van der Waals surface area contributed by atoms with Crippen LogP contribution in [0.5, 0.6) is 5.75 Å². The number of hydrogen-bond donors (Lipinski definition) is 1. The van der Waals surface area contributed by atoms with E-state index in [9.17, 15) is 14.0 Å². The third-order valence-electron chi connectivity index (χ3n) is 9.96. The number of aromatic amines is 1. The van der Waals surface area contributed by atoms with E-state index in [4.69, 9.17) is 4.74 Å². The van der Waals surface area contributed by atoms with Crippen LogP contribution in [0, 0.1) is 11.6 Å². The Morgan fingerprint density at radius 2 is 1.84 bits per heavy atom. The summed E-state index contributed by atoms with van der Waals surface area (Å²) in [6.45, 7) is 2.97. The van der Waals surface area contributed by atoms with E-state index < -0.39 is 11.6 Å². The van der Waals surface area contributed by atoms with Crippen LogP contribution in [0.4, 0.5) is 14.6 Å². The molecule has 262 valence electrons. The van der Waals surface area contributed by atoms with Crippen molar-refractivity contribution in [3.8, 4) is 5.75 Å². The predicted octanol–water partition coefficient (Wildman–Crippen LogP) is 5.45. The molecule has 3 aromatic heterocycles. The number of halogens is 2. The minimum absolute atomic E-state index is 0. The molecule has 5 aromatic rings. The summed E-state index contributed by atoms with van der Waals surface area (Å²) in [4.78, 5) is 40.0. The van der Waals surface area contributed by atoms with E-state index in [1.54, 1.807) is 32.9 Å². The number of aryl methyl sites for hydroxylation is 1. The highest BCUT2D eigenvalue weighted by Crippen LogP contribution is 2.39. The van der Waals surface area contributed by atoms with Gasteiger partial charge in [-0.2, -0.15) is 0 Å². The Morgan fingerprint density at radius 3 is 2.63 bits per heavy atom. The van der Waals surface area contributed by atoms with Gasteiger partial charge in [0.25, 0.3) is 5.91 Å². The second-order valence-electron chi connectivity index (χ2n) is 13.0. The minimum Gasteiger partial charge on any atom is -0.493 e. The van der Waals surface area contributed by atoms with Crippen LogP contribution in [-0.2, 0) is 17.8 Å². The number of piperazine rings is 1. The van der Waals surface area contributed by atoms with Crippen molar-refractivity contribution in [1.82, 2.24) is 34.8 Å². The number of nitrogens with zero attached hydrogens (tertiary/aromatic N) is 7. The molecule has 0 radical (unpaired) electrons. The first kappa shape index (κ1) is 32.4. The third kappa shape index (κ3) is 6.24. The number of benzene rings is 2. The van der Waals surface area contributed by atoms with E-state index in [0.717, 1.165) is 28.5 Å². The van der Waals surface area contributed by atoms with Gasteiger partial charge < -0.3 is 24.4 Å². The second kappa shape index (κ2) is 13.5. The van der Waals surface area contributed by atoms with Crippen molar-refractivity contribution < 1.29 is 24.5 Å². The molecule has 0 bridgehead atoms. The summed E-state index contributed by atoms with van der Waals surface area (Å²) >= 11 is 0. The van der Waals surface area contributed by atoms with E-state index in [-0.39, 0.29) is 31.7 Å². The van der Waals surface area contributed by atoms with Crippen molar-refractivity contribution in [2.75, 3.05) is 51.3 Å². The number of carbonyl (C=O) groups excluding carboxylic acids is 2. The molecule has 0 saturated carbocycles. The van der Waals surface area contributed by atoms with Crippen molar-refractivity contribution in [2.45, 2.75) is 25.8 Å². The number of nitrogens with one attached hydrogen (secondary N) is 1. The number of allylic oxidation sites excluding steroid dienone is 1. The first-order valence-electron chi connectivity index (χ1n) is 17.1. The highest BCUT2D eigenvalue weighted by molar-refractivity contribution is 6.05. The zero-order valence-electron chi connectivity index (χ0n) is 28.1. The second-order valence-corrected chi connectivity index (χ2v) is 13.0. The van der Waals surface area contributed by atoms with E-state index >= 15 is 4.39 Å². The molecule has 5 heterocycles. The van der Waals surface area contributed by atoms with Gasteiger partial charge in [0.2, 0.25) is 5.91 Å². The molecule has 8 rings (SSSR count). The summed E-state index contributed by atoms with van der Waals surface area (Å²) in [6.07, 6.45) is 10.1. The van der Waals surface area contributed by atoms with Crippen LogP contribution in [0.1, 0.15) is 47.0 Å². The predicted molar refractivity (Wildman–Crippen MR) is 191 cm³/mol. The van der Waals surface area contributed by atoms with Gasteiger partial charge in [-0.3, -0.25) is 14.3 Å². The van der Waals surface area contributed by atoms with Crippen LogP contribution in [-0.4, -0.2) is 93.0 Å². The van der Waals surface area contributed by atoms with Crippen LogP contribution in [0.2, 0.25) is 0 Å². The molecule has 0 spiro atoms.